The summed E-state index contributed by atoms with van der Waals surface area (Å²) < 4.78 is 39.8. The fourth-order valence-corrected chi connectivity index (χ4v) is 4.03. The molecule has 2 aromatic carbocycles. The third kappa shape index (κ3) is 5.63. The van der Waals surface area contributed by atoms with Crippen molar-refractivity contribution >= 4 is 23.4 Å². The predicted octanol–water partition coefficient (Wildman–Crippen LogP) is 2.72. The number of hydrogen-bond acceptors (Lipinski definition) is 6. The van der Waals surface area contributed by atoms with Crippen molar-refractivity contribution in [3.05, 3.63) is 81.5 Å². The second-order valence-electron chi connectivity index (χ2n) is 8.34. The molecule has 0 aliphatic carbocycles. The van der Waals surface area contributed by atoms with Crippen LogP contribution in [0.1, 0.15) is 26.4 Å². The number of nitro benzene ring substituents is 1. The van der Waals surface area contributed by atoms with E-state index in [9.17, 15) is 37.7 Å². The van der Waals surface area contributed by atoms with E-state index < -0.39 is 39.9 Å². The molecule has 198 valence electrons. The van der Waals surface area contributed by atoms with Gasteiger partial charge in [-0.15, -0.1) is 0 Å². The molecule has 4 rings (SSSR count). The Hall–Kier alpha value is -4.75. The number of benzene rings is 2. The Morgan fingerprint density at radius 3 is 2.32 bits per heavy atom. The molecule has 3 amide bonds. The van der Waals surface area contributed by atoms with Crippen LogP contribution in [-0.4, -0.2) is 75.4 Å². The molecule has 1 aliphatic heterocycles. The Bertz CT molecular complexity index is 1380. The van der Waals surface area contributed by atoms with E-state index in [4.69, 9.17) is 0 Å². The highest BCUT2D eigenvalue weighted by Crippen LogP contribution is 2.32. The fraction of sp³-hybridized carbons (Fsp3) is 0.250. The van der Waals surface area contributed by atoms with Gasteiger partial charge in [-0.05, 0) is 24.3 Å². The highest BCUT2D eigenvalue weighted by Gasteiger charge is 2.36. The molecule has 0 bridgehead atoms. The van der Waals surface area contributed by atoms with Gasteiger partial charge in [0.1, 0.15) is 5.69 Å². The van der Waals surface area contributed by atoms with Crippen molar-refractivity contribution in [3.63, 3.8) is 0 Å². The number of carbonyl (C=O) groups is 3. The number of aromatic nitrogens is 2. The third-order valence-electron chi connectivity index (χ3n) is 5.98. The van der Waals surface area contributed by atoms with E-state index in [-0.39, 0.29) is 55.4 Å². The van der Waals surface area contributed by atoms with E-state index in [1.807, 2.05) is 0 Å². The molecule has 1 aromatic heterocycles. The summed E-state index contributed by atoms with van der Waals surface area (Å²) in [6, 6.07) is 11.8. The van der Waals surface area contributed by atoms with Crippen LogP contribution < -0.4 is 5.32 Å². The van der Waals surface area contributed by atoms with E-state index >= 15 is 0 Å². The molecule has 1 fully saturated rings. The summed E-state index contributed by atoms with van der Waals surface area (Å²) in [4.78, 5) is 51.1. The van der Waals surface area contributed by atoms with Gasteiger partial charge in [-0.1, -0.05) is 24.3 Å². The molecule has 0 spiro atoms. The number of para-hydroxylation sites is 1. The van der Waals surface area contributed by atoms with Gasteiger partial charge in [0.2, 0.25) is 5.91 Å². The highest BCUT2D eigenvalue weighted by atomic mass is 19.4. The van der Waals surface area contributed by atoms with Crippen LogP contribution in [-0.2, 0) is 11.0 Å². The lowest BCUT2D eigenvalue weighted by atomic mass is 10.1. The number of rotatable bonds is 6. The van der Waals surface area contributed by atoms with Gasteiger partial charge in [-0.3, -0.25) is 29.6 Å². The summed E-state index contributed by atoms with van der Waals surface area (Å²) in [6.45, 7) is -0.139. The number of amides is 3. The van der Waals surface area contributed by atoms with Gasteiger partial charge in [-0.2, -0.15) is 18.3 Å². The van der Waals surface area contributed by atoms with Crippen LogP contribution in [0.4, 0.5) is 18.9 Å². The maximum absolute atomic E-state index is 13.3. The first-order valence-electron chi connectivity index (χ1n) is 11.4. The van der Waals surface area contributed by atoms with E-state index in [1.165, 1.54) is 46.2 Å². The smallest absolute Gasteiger partial charge is 0.342 e. The number of aromatic amines is 1. The van der Waals surface area contributed by atoms with Gasteiger partial charge < -0.3 is 15.1 Å². The van der Waals surface area contributed by atoms with Gasteiger partial charge in [-0.25, -0.2) is 0 Å². The van der Waals surface area contributed by atoms with Crippen molar-refractivity contribution in [2.24, 2.45) is 0 Å². The Kier molecular flexibility index (Phi) is 7.41. The molecule has 0 atom stereocenters. The van der Waals surface area contributed by atoms with Crippen LogP contribution in [0.5, 0.6) is 0 Å². The van der Waals surface area contributed by atoms with Crippen molar-refractivity contribution in [1.29, 1.82) is 0 Å². The molecular weight excluding hydrogens is 509 g/mol. The number of nitrogens with one attached hydrogen (secondary N) is 2. The second kappa shape index (κ2) is 10.7. The van der Waals surface area contributed by atoms with Gasteiger partial charge in [0.25, 0.3) is 17.5 Å². The largest absolute Gasteiger partial charge is 0.417 e. The minimum Gasteiger partial charge on any atom is -0.342 e. The average Bonchev–Trinajstić information content (AvgIpc) is 3.41. The lowest BCUT2D eigenvalue weighted by molar-refractivity contribution is -0.384. The zero-order valence-electron chi connectivity index (χ0n) is 19.7. The Morgan fingerprint density at radius 1 is 1.00 bits per heavy atom. The number of hydrogen-bond donors (Lipinski definition) is 2. The second-order valence-corrected chi connectivity index (χ2v) is 8.34. The summed E-state index contributed by atoms with van der Waals surface area (Å²) in [5.41, 5.74) is -1.26. The monoisotopic (exact) mass is 530 g/mol. The van der Waals surface area contributed by atoms with Crippen molar-refractivity contribution in [1.82, 2.24) is 25.3 Å². The molecule has 38 heavy (non-hydrogen) atoms. The number of alkyl halides is 3. The first-order valence-corrected chi connectivity index (χ1v) is 11.4. The van der Waals surface area contributed by atoms with Crippen molar-refractivity contribution in [2.45, 2.75) is 6.18 Å². The van der Waals surface area contributed by atoms with Gasteiger partial charge in [0.05, 0.1) is 33.9 Å². The first-order chi connectivity index (χ1) is 18.1. The molecule has 3 aromatic rings. The van der Waals surface area contributed by atoms with Crippen LogP contribution in [0.15, 0.2) is 54.6 Å². The number of piperazine rings is 1. The molecule has 0 radical (unpaired) electrons. The molecule has 14 heteroatoms. The number of carbonyl (C=O) groups excluding carboxylic acids is 3. The van der Waals surface area contributed by atoms with Crippen LogP contribution in [0.25, 0.3) is 11.3 Å². The summed E-state index contributed by atoms with van der Waals surface area (Å²) in [6.07, 6.45) is -4.67. The summed E-state index contributed by atoms with van der Waals surface area (Å²) in [5.74, 6) is -1.88. The quantitative estimate of drug-likeness (QED) is 0.371. The number of H-pyrrole nitrogens is 1. The molecule has 1 saturated heterocycles. The van der Waals surface area contributed by atoms with Gasteiger partial charge in [0.15, 0.2) is 0 Å². The summed E-state index contributed by atoms with van der Waals surface area (Å²) in [5, 5.41) is 20.1. The van der Waals surface area contributed by atoms with Crippen LogP contribution in [0.2, 0.25) is 0 Å². The SMILES string of the molecule is O=C(NCC(=O)N1CCN(C(=O)c2ccccc2C(F)(F)F)CC1)c1cc(-c2ccccc2[N+](=O)[O-])n[nH]1. The zero-order valence-corrected chi connectivity index (χ0v) is 19.7. The Labute approximate surface area is 213 Å². The topological polar surface area (TPSA) is 142 Å². The van der Waals surface area contributed by atoms with Gasteiger partial charge in [0, 0.05) is 32.2 Å². The third-order valence-corrected chi connectivity index (χ3v) is 5.98. The minimum atomic E-state index is -4.67. The molecule has 0 unspecified atom stereocenters. The minimum absolute atomic E-state index is 0.00954. The lowest BCUT2D eigenvalue weighted by Crippen LogP contribution is -2.52. The molecular formula is C24H21F3N6O5. The Morgan fingerprint density at radius 2 is 1.63 bits per heavy atom. The normalized spacial score (nSPS) is 13.8. The van der Waals surface area contributed by atoms with Crippen molar-refractivity contribution < 1.29 is 32.5 Å². The maximum atomic E-state index is 13.3. The average molecular weight is 530 g/mol. The molecule has 2 N–H and O–H groups in total. The van der Waals surface area contributed by atoms with E-state index in [0.29, 0.717) is 0 Å². The highest BCUT2D eigenvalue weighted by molar-refractivity contribution is 5.97. The van der Waals surface area contributed by atoms with Crippen LogP contribution in [0, 0.1) is 10.1 Å². The molecule has 1 aliphatic rings. The van der Waals surface area contributed by atoms with E-state index in [2.05, 4.69) is 15.5 Å². The van der Waals surface area contributed by atoms with E-state index in [0.717, 1.165) is 12.1 Å². The fourth-order valence-electron chi connectivity index (χ4n) is 4.03. The lowest BCUT2D eigenvalue weighted by Gasteiger charge is -2.35. The molecule has 0 saturated carbocycles. The number of nitrogens with zero attached hydrogens (tertiary/aromatic N) is 4. The summed E-state index contributed by atoms with van der Waals surface area (Å²) in [7, 11) is 0. The van der Waals surface area contributed by atoms with Gasteiger partial charge >= 0.3 is 6.18 Å². The van der Waals surface area contributed by atoms with Crippen molar-refractivity contribution in [3.8, 4) is 11.3 Å². The van der Waals surface area contributed by atoms with Crippen molar-refractivity contribution in [2.75, 3.05) is 32.7 Å². The maximum Gasteiger partial charge on any atom is 0.417 e. The Balaban J connectivity index is 1.31. The number of nitro groups is 1. The first kappa shape index (κ1) is 26.3. The van der Waals surface area contributed by atoms with E-state index in [1.54, 1.807) is 6.07 Å². The summed E-state index contributed by atoms with van der Waals surface area (Å²) >= 11 is 0. The molecule has 11 nitrogen and oxygen atoms in total. The zero-order chi connectivity index (χ0) is 27.4. The predicted molar refractivity (Wildman–Crippen MR) is 127 cm³/mol. The van der Waals surface area contributed by atoms with Crippen LogP contribution >= 0.6 is 0 Å². The molecule has 2 heterocycles. The standard InChI is InChI=1S/C24H21F3N6O5/c25-24(26,27)17-7-3-1-5-15(17)23(36)32-11-9-31(10-12-32)21(34)14-28-22(35)19-13-18(29-30-19)16-6-2-4-8-20(16)33(37)38/h1-8,13H,9-12,14H2,(H,28,35)(H,29,30). The number of halogens is 3. The van der Waals surface area contributed by atoms with Crippen LogP contribution in [0.3, 0.4) is 0 Å².